The fourth-order valence-corrected chi connectivity index (χ4v) is 6.23. The monoisotopic (exact) mass is 502 g/mol. The molecule has 0 radical (unpaired) electrons. The zero-order valence-electron chi connectivity index (χ0n) is 19.2. The summed E-state index contributed by atoms with van der Waals surface area (Å²) in [6.07, 6.45) is 1.64. The summed E-state index contributed by atoms with van der Waals surface area (Å²) >= 11 is 0. The van der Waals surface area contributed by atoms with Crippen LogP contribution < -0.4 is 14.5 Å². The second-order valence-electron chi connectivity index (χ2n) is 8.85. The molecule has 0 aromatic heterocycles. The highest BCUT2D eigenvalue weighted by Crippen LogP contribution is 2.35. The maximum Gasteiger partial charge on any atom is 0.265 e. The van der Waals surface area contributed by atoms with Crippen molar-refractivity contribution in [2.45, 2.75) is 17.7 Å². The van der Waals surface area contributed by atoms with Crippen molar-refractivity contribution in [3.05, 3.63) is 48.3 Å². The number of amides is 2. The Kier molecular flexibility index (Phi) is 6.37. The summed E-state index contributed by atoms with van der Waals surface area (Å²) in [6, 6.07) is 10.7. The molecule has 0 spiro atoms. The first kappa shape index (κ1) is 23.6. The minimum Gasteiger partial charge on any atom is -0.482 e. The van der Waals surface area contributed by atoms with Gasteiger partial charge in [0.15, 0.2) is 6.61 Å². The van der Waals surface area contributed by atoms with Crippen molar-refractivity contribution in [2.75, 3.05) is 62.2 Å². The van der Waals surface area contributed by atoms with Gasteiger partial charge in [-0.25, -0.2) is 12.8 Å². The van der Waals surface area contributed by atoms with E-state index < -0.39 is 15.9 Å². The number of carbonyl (C=O) groups excluding carboxylic acids is 2. The number of halogens is 1. The molecule has 9 nitrogen and oxygen atoms in total. The van der Waals surface area contributed by atoms with Crippen LogP contribution in [0.1, 0.15) is 12.8 Å². The third-order valence-corrected chi connectivity index (χ3v) is 8.59. The van der Waals surface area contributed by atoms with Crippen molar-refractivity contribution >= 4 is 33.2 Å². The van der Waals surface area contributed by atoms with Gasteiger partial charge in [0.05, 0.1) is 10.6 Å². The molecule has 2 aromatic carbocycles. The summed E-state index contributed by atoms with van der Waals surface area (Å²) < 4.78 is 46.2. The molecule has 0 aliphatic carbocycles. The number of sulfonamides is 1. The molecule has 2 fully saturated rings. The van der Waals surface area contributed by atoms with Crippen LogP contribution in [0.5, 0.6) is 5.75 Å². The fourth-order valence-electron chi connectivity index (χ4n) is 4.69. The van der Waals surface area contributed by atoms with Gasteiger partial charge in [-0.3, -0.25) is 14.5 Å². The van der Waals surface area contributed by atoms with Gasteiger partial charge in [0.2, 0.25) is 15.9 Å². The summed E-state index contributed by atoms with van der Waals surface area (Å²) in [7, 11) is -3.68. The summed E-state index contributed by atoms with van der Waals surface area (Å²) in [5.41, 5.74) is 1.18. The van der Waals surface area contributed by atoms with Gasteiger partial charge in [0.1, 0.15) is 18.1 Å². The van der Waals surface area contributed by atoms with Crippen LogP contribution in [0.25, 0.3) is 0 Å². The lowest BCUT2D eigenvalue weighted by Crippen LogP contribution is -2.53. The zero-order chi connectivity index (χ0) is 24.6. The van der Waals surface area contributed by atoms with E-state index in [0.29, 0.717) is 50.7 Å². The first-order valence-electron chi connectivity index (χ1n) is 11.7. The summed E-state index contributed by atoms with van der Waals surface area (Å²) in [5.74, 6) is -0.544. The Bertz CT molecular complexity index is 1220. The van der Waals surface area contributed by atoms with Crippen LogP contribution in [0.15, 0.2) is 47.4 Å². The maximum atomic E-state index is 13.2. The van der Waals surface area contributed by atoms with Gasteiger partial charge in [-0.15, -0.1) is 0 Å². The van der Waals surface area contributed by atoms with E-state index in [1.807, 2.05) is 0 Å². The molecule has 3 aliphatic heterocycles. The highest BCUT2D eigenvalue weighted by Gasteiger charge is 2.33. The summed E-state index contributed by atoms with van der Waals surface area (Å²) in [6.45, 7) is 2.64. The van der Waals surface area contributed by atoms with Crippen LogP contribution in [0.3, 0.4) is 0 Å². The lowest BCUT2D eigenvalue weighted by molar-refractivity contribution is -0.132. The number of hydrogen-bond acceptors (Lipinski definition) is 6. The highest BCUT2D eigenvalue weighted by molar-refractivity contribution is 7.89. The maximum absolute atomic E-state index is 13.2. The van der Waals surface area contributed by atoms with E-state index in [2.05, 4.69) is 4.90 Å². The predicted octanol–water partition coefficient (Wildman–Crippen LogP) is 1.68. The third kappa shape index (κ3) is 4.70. The zero-order valence-corrected chi connectivity index (χ0v) is 20.0. The SMILES string of the molecule is O=C(CN1C(=O)COc2ccc(S(=O)(=O)N3CCCC3)cc21)N1CCN(c2ccc(F)cc2)CC1. The molecule has 0 unspecified atom stereocenters. The molecule has 0 bridgehead atoms. The number of anilines is 2. The average molecular weight is 503 g/mol. The normalized spacial score (nSPS) is 19.0. The van der Waals surface area contributed by atoms with Crippen molar-refractivity contribution in [1.29, 1.82) is 0 Å². The van der Waals surface area contributed by atoms with Gasteiger partial charge >= 0.3 is 0 Å². The second-order valence-corrected chi connectivity index (χ2v) is 10.8. The number of hydrogen-bond donors (Lipinski definition) is 0. The van der Waals surface area contributed by atoms with Crippen molar-refractivity contribution in [1.82, 2.24) is 9.21 Å². The number of carbonyl (C=O) groups is 2. The highest BCUT2D eigenvalue weighted by atomic mass is 32.2. The Balaban J connectivity index is 1.29. The van der Waals surface area contributed by atoms with Crippen LogP contribution in [0.2, 0.25) is 0 Å². The van der Waals surface area contributed by atoms with Gasteiger partial charge in [-0.1, -0.05) is 0 Å². The Morgan fingerprint density at radius 3 is 2.31 bits per heavy atom. The number of piperazine rings is 1. The van der Waals surface area contributed by atoms with Crippen molar-refractivity contribution in [3.8, 4) is 5.75 Å². The minimum atomic E-state index is -3.68. The molecule has 35 heavy (non-hydrogen) atoms. The van der Waals surface area contributed by atoms with Crippen molar-refractivity contribution < 1.29 is 27.1 Å². The Labute approximate surface area is 203 Å². The van der Waals surface area contributed by atoms with Crippen molar-refractivity contribution in [3.63, 3.8) is 0 Å². The van der Waals surface area contributed by atoms with E-state index in [0.717, 1.165) is 18.5 Å². The molecular formula is C24H27FN4O5S. The van der Waals surface area contributed by atoms with Crippen LogP contribution in [0.4, 0.5) is 15.8 Å². The molecular weight excluding hydrogens is 475 g/mol. The topological polar surface area (TPSA) is 90.5 Å². The van der Waals surface area contributed by atoms with E-state index in [9.17, 15) is 22.4 Å². The smallest absolute Gasteiger partial charge is 0.265 e. The van der Waals surface area contributed by atoms with Crippen molar-refractivity contribution in [2.24, 2.45) is 0 Å². The molecule has 3 aliphatic rings. The summed E-state index contributed by atoms with van der Waals surface area (Å²) in [5, 5.41) is 0. The lowest BCUT2D eigenvalue weighted by atomic mass is 10.2. The number of nitrogens with zero attached hydrogens (tertiary/aromatic N) is 4. The largest absolute Gasteiger partial charge is 0.482 e. The standard InChI is InChI=1S/C24H27FN4O5S/c25-18-3-5-19(6-4-18)26-11-13-27(14-12-26)23(30)16-29-21-15-20(7-8-22(21)34-17-24(29)31)35(32,33)28-9-1-2-10-28/h3-8,15H,1-2,9-14,16-17H2. The predicted molar refractivity (Wildman–Crippen MR) is 127 cm³/mol. The summed E-state index contributed by atoms with van der Waals surface area (Å²) in [4.78, 5) is 31.0. The number of benzene rings is 2. The molecule has 11 heteroatoms. The third-order valence-electron chi connectivity index (χ3n) is 6.69. The Morgan fingerprint density at radius 2 is 1.63 bits per heavy atom. The Hall–Kier alpha value is -3.18. The molecule has 3 heterocycles. The quantitative estimate of drug-likeness (QED) is 0.618. The van der Waals surface area contributed by atoms with Gasteiger partial charge in [-0.05, 0) is 55.3 Å². The van der Waals surface area contributed by atoms with E-state index in [-0.39, 0.29) is 29.8 Å². The van der Waals surface area contributed by atoms with E-state index in [1.165, 1.54) is 33.5 Å². The first-order valence-corrected chi connectivity index (χ1v) is 13.1. The number of ether oxygens (including phenoxy) is 1. The van der Waals surface area contributed by atoms with Gasteiger partial charge in [0.25, 0.3) is 5.91 Å². The minimum absolute atomic E-state index is 0.0850. The van der Waals surface area contributed by atoms with E-state index in [4.69, 9.17) is 4.74 Å². The number of fused-ring (bicyclic) bond motifs is 1. The van der Waals surface area contributed by atoms with Crippen LogP contribution >= 0.6 is 0 Å². The molecule has 2 aromatic rings. The van der Waals surface area contributed by atoms with Gasteiger partial charge in [-0.2, -0.15) is 4.31 Å². The van der Waals surface area contributed by atoms with E-state index >= 15 is 0 Å². The Morgan fingerprint density at radius 1 is 0.943 bits per heavy atom. The average Bonchev–Trinajstić information content (AvgIpc) is 3.42. The number of rotatable bonds is 5. The lowest BCUT2D eigenvalue weighted by Gasteiger charge is -2.37. The van der Waals surface area contributed by atoms with Gasteiger partial charge < -0.3 is 14.5 Å². The van der Waals surface area contributed by atoms with Gasteiger partial charge in [0, 0.05) is 45.0 Å². The first-order chi connectivity index (χ1) is 16.8. The molecule has 186 valence electrons. The molecule has 0 N–H and O–H groups in total. The van der Waals surface area contributed by atoms with E-state index in [1.54, 1.807) is 23.1 Å². The molecule has 5 rings (SSSR count). The van der Waals surface area contributed by atoms with Crippen LogP contribution in [-0.4, -0.2) is 81.9 Å². The second kappa shape index (κ2) is 9.46. The van der Waals surface area contributed by atoms with Crippen LogP contribution in [-0.2, 0) is 19.6 Å². The fraction of sp³-hybridized carbons (Fsp3) is 0.417. The molecule has 2 amide bonds. The molecule has 0 saturated carbocycles. The molecule has 0 atom stereocenters. The van der Waals surface area contributed by atoms with Crippen LogP contribution in [0, 0.1) is 5.82 Å². The molecule has 2 saturated heterocycles.